The second kappa shape index (κ2) is 3.42. The van der Waals surface area contributed by atoms with Gasteiger partial charge in [-0.25, -0.2) is 0 Å². The lowest BCUT2D eigenvalue weighted by molar-refractivity contribution is 0.276. The average Bonchev–Trinajstić information content (AvgIpc) is 2.05. The monoisotopic (exact) mass is 168 g/mol. The molecule has 12 heavy (non-hydrogen) atoms. The molecule has 0 saturated heterocycles. The number of hydrogen-bond acceptors (Lipinski definition) is 4. The van der Waals surface area contributed by atoms with E-state index in [4.69, 9.17) is 21.7 Å². The molecule has 0 bridgehead atoms. The second-order valence-corrected chi connectivity index (χ2v) is 2.57. The van der Waals surface area contributed by atoms with Crippen LogP contribution in [0.2, 0.25) is 0 Å². The van der Waals surface area contributed by atoms with Gasteiger partial charge in [0.25, 0.3) is 0 Å². The van der Waals surface area contributed by atoms with E-state index in [9.17, 15) is 0 Å². The van der Waals surface area contributed by atoms with E-state index in [2.05, 4.69) is 0 Å². The summed E-state index contributed by atoms with van der Waals surface area (Å²) in [4.78, 5) is 0. The van der Waals surface area contributed by atoms with Gasteiger partial charge in [-0.15, -0.1) is 0 Å². The Hall–Kier alpha value is -1.26. The summed E-state index contributed by atoms with van der Waals surface area (Å²) in [7, 11) is 0. The highest BCUT2D eigenvalue weighted by molar-refractivity contribution is 5.60. The zero-order valence-electron chi connectivity index (χ0n) is 6.62. The summed E-state index contributed by atoms with van der Waals surface area (Å²) >= 11 is 0. The van der Waals surface area contributed by atoms with Crippen LogP contribution >= 0.6 is 0 Å². The summed E-state index contributed by atoms with van der Waals surface area (Å²) in [6, 6.07) is 3.14. The van der Waals surface area contributed by atoms with E-state index in [1.807, 2.05) is 0 Å². The molecule has 1 rings (SSSR count). The highest BCUT2D eigenvalue weighted by Gasteiger charge is 2.03. The molecule has 0 aromatic heterocycles. The minimum atomic E-state index is -0.140. The lowest BCUT2D eigenvalue weighted by Gasteiger charge is -2.07. The molecule has 0 amide bonds. The van der Waals surface area contributed by atoms with Crippen LogP contribution in [-0.4, -0.2) is 10.2 Å². The molecule has 0 aliphatic rings. The first kappa shape index (κ1) is 8.83. The first-order chi connectivity index (χ1) is 5.69. The van der Waals surface area contributed by atoms with Crippen LogP contribution in [0, 0.1) is 0 Å². The Balaban J connectivity index is 3.18. The van der Waals surface area contributed by atoms with Crippen LogP contribution in [-0.2, 0) is 13.2 Å². The number of nitrogen functional groups attached to an aromatic ring is 2. The van der Waals surface area contributed by atoms with Crippen LogP contribution in [0.4, 0.5) is 11.4 Å². The van der Waals surface area contributed by atoms with E-state index in [0.717, 1.165) is 0 Å². The van der Waals surface area contributed by atoms with Crippen molar-refractivity contribution in [1.82, 2.24) is 0 Å². The van der Waals surface area contributed by atoms with E-state index < -0.39 is 0 Å². The standard InChI is InChI=1S/C8H12N2O2/c9-7-2-8(10)6(4-12)1-5(7)3-11/h1-2,11-12H,3-4,9-10H2. The fourth-order valence-corrected chi connectivity index (χ4v) is 1.00. The number of benzene rings is 1. The minimum absolute atomic E-state index is 0.140. The molecule has 0 saturated carbocycles. The highest BCUT2D eigenvalue weighted by Crippen LogP contribution is 2.20. The number of aliphatic hydroxyl groups is 2. The predicted octanol–water partition coefficient (Wildman–Crippen LogP) is -0.164. The molecule has 1 aromatic rings. The van der Waals surface area contributed by atoms with Crippen LogP contribution in [0.5, 0.6) is 0 Å². The van der Waals surface area contributed by atoms with Crippen molar-refractivity contribution < 1.29 is 10.2 Å². The molecule has 4 nitrogen and oxygen atoms in total. The third-order valence-electron chi connectivity index (χ3n) is 1.74. The number of nitrogens with two attached hydrogens (primary N) is 2. The number of rotatable bonds is 2. The van der Waals surface area contributed by atoms with Crippen LogP contribution in [0.3, 0.4) is 0 Å². The van der Waals surface area contributed by atoms with Gasteiger partial charge < -0.3 is 21.7 Å². The molecule has 66 valence electrons. The van der Waals surface area contributed by atoms with Gasteiger partial charge in [0.05, 0.1) is 13.2 Å². The van der Waals surface area contributed by atoms with Crippen LogP contribution in [0.25, 0.3) is 0 Å². The van der Waals surface area contributed by atoms with Gasteiger partial charge in [-0.2, -0.15) is 0 Å². The summed E-state index contributed by atoms with van der Waals surface area (Å²) in [5, 5.41) is 17.7. The molecular weight excluding hydrogens is 156 g/mol. The van der Waals surface area contributed by atoms with Gasteiger partial charge in [-0.05, 0) is 12.1 Å². The third-order valence-corrected chi connectivity index (χ3v) is 1.74. The third kappa shape index (κ3) is 1.49. The van der Waals surface area contributed by atoms with Crippen molar-refractivity contribution in [3.05, 3.63) is 23.3 Å². The highest BCUT2D eigenvalue weighted by atomic mass is 16.3. The number of aliphatic hydroxyl groups excluding tert-OH is 2. The second-order valence-electron chi connectivity index (χ2n) is 2.57. The summed E-state index contributed by atoms with van der Waals surface area (Å²) in [6.45, 7) is -0.280. The van der Waals surface area contributed by atoms with Crippen LogP contribution in [0.1, 0.15) is 11.1 Å². The lowest BCUT2D eigenvalue weighted by atomic mass is 10.1. The minimum Gasteiger partial charge on any atom is -0.398 e. The number of hydrogen-bond donors (Lipinski definition) is 4. The Labute approximate surface area is 70.4 Å². The molecule has 0 atom stereocenters. The molecule has 6 N–H and O–H groups in total. The maximum absolute atomic E-state index is 8.83. The van der Waals surface area contributed by atoms with Crippen LogP contribution < -0.4 is 11.5 Å². The van der Waals surface area contributed by atoms with Gasteiger partial charge >= 0.3 is 0 Å². The van der Waals surface area contributed by atoms with Crippen molar-refractivity contribution in [3.8, 4) is 0 Å². The Morgan fingerprint density at radius 3 is 1.67 bits per heavy atom. The van der Waals surface area contributed by atoms with Crippen molar-refractivity contribution in [1.29, 1.82) is 0 Å². The van der Waals surface area contributed by atoms with Crippen molar-refractivity contribution in [3.63, 3.8) is 0 Å². The first-order valence-electron chi connectivity index (χ1n) is 3.57. The van der Waals surface area contributed by atoms with Crippen molar-refractivity contribution in [2.75, 3.05) is 11.5 Å². The summed E-state index contributed by atoms with van der Waals surface area (Å²) in [5.41, 5.74) is 13.2. The van der Waals surface area contributed by atoms with Gasteiger partial charge in [0, 0.05) is 22.5 Å². The molecule has 0 aliphatic heterocycles. The van der Waals surface area contributed by atoms with Gasteiger partial charge in [-0.1, -0.05) is 0 Å². The normalized spacial score (nSPS) is 10.2. The van der Waals surface area contributed by atoms with Gasteiger partial charge in [0.1, 0.15) is 0 Å². The number of anilines is 2. The zero-order chi connectivity index (χ0) is 9.14. The molecule has 0 fully saturated rings. The fraction of sp³-hybridized carbons (Fsp3) is 0.250. The predicted molar refractivity (Wildman–Crippen MR) is 47.1 cm³/mol. The Bertz CT molecular complexity index is 261. The van der Waals surface area contributed by atoms with E-state index >= 15 is 0 Å². The fourth-order valence-electron chi connectivity index (χ4n) is 1.00. The molecule has 0 spiro atoms. The molecule has 0 radical (unpaired) electrons. The first-order valence-corrected chi connectivity index (χ1v) is 3.57. The zero-order valence-corrected chi connectivity index (χ0v) is 6.62. The molecule has 0 unspecified atom stereocenters. The van der Waals surface area contributed by atoms with Gasteiger partial charge in [-0.3, -0.25) is 0 Å². The van der Waals surface area contributed by atoms with Crippen molar-refractivity contribution >= 4 is 11.4 Å². The SMILES string of the molecule is Nc1cc(N)c(CO)cc1CO. The van der Waals surface area contributed by atoms with E-state index in [1.54, 1.807) is 6.07 Å². The van der Waals surface area contributed by atoms with Crippen molar-refractivity contribution in [2.24, 2.45) is 0 Å². The van der Waals surface area contributed by atoms with E-state index in [-0.39, 0.29) is 13.2 Å². The van der Waals surface area contributed by atoms with Gasteiger partial charge in [0.15, 0.2) is 0 Å². The molecule has 1 aromatic carbocycles. The van der Waals surface area contributed by atoms with Crippen LogP contribution in [0.15, 0.2) is 12.1 Å². The molecule has 0 aliphatic carbocycles. The molecular formula is C8H12N2O2. The largest absolute Gasteiger partial charge is 0.398 e. The average molecular weight is 168 g/mol. The van der Waals surface area contributed by atoms with Crippen molar-refractivity contribution in [2.45, 2.75) is 13.2 Å². The Morgan fingerprint density at radius 2 is 1.33 bits per heavy atom. The molecule has 4 heteroatoms. The maximum atomic E-state index is 8.83. The molecule has 0 heterocycles. The Kier molecular flexibility index (Phi) is 2.52. The van der Waals surface area contributed by atoms with E-state index in [1.165, 1.54) is 6.07 Å². The Morgan fingerprint density at radius 1 is 0.917 bits per heavy atom. The maximum Gasteiger partial charge on any atom is 0.0702 e. The lowest BCUT2D eigenvalue weighted by Crippen LogP contribution is -2.01. The smallest absolute Gasteiger partial charge is 0.0702 e. The van der Waals surface area contributed by atoms with E-state index in [0.29, 0.717) is 22.5 Å². The van der Waals surface area contributed by atoms with Gasteiger partial charge in [0.2, 0.25) is 0 Å². The summed E-state index contributed by atoms with van der Waals surface area (Å²) in [5.74, 6) is 0. The summed E-state index contributed by atoms with van der Waals surface area (Å²) < 4.78 is 0. The topological polar surface area (TPSA) is 92.5 Å². The quantitative estimate of drug-likeness (QED) is 0.461. The summed E-state index contributed by atoms with van der Waals surface area (Å²) in [6.07, 6.45) is 0.